The number of nitro benzene ring substituents is 1. The molecule has 1 unspecified atom stereocenters. The van der Waals surface area contributed by atoms with Crippen molar-refractivity contribution in [2.75, 3.05) is 18.4 Å². The fourth-order valence-corrected chi connectivity index (χ4v) is 2.63. The van der Waals surface area contributed by atoms with Gasteiger partial charge in [0.1, 0.15) is 0 Å². The summed E-state index contributed by atoms with van der Waals surface area (Å²) in [4.78, 5) is 22.5. The molecule has 2 N–H and O–H groups in total. The molecule has 0 bridgehead atoms. The van der Waals surface area contributed by atoms with Gasteiger partial charge in [-0.1, -0.05) is 13.0 Å². The number of benzene rings is 1. The van der Waals surface area contributed by atoms with Gasteiger partial charge in [-0.05, 0) is 44.3 Å². The maximum Gasteiger partial charge on any atom is 0.274 e. The van der Waals surface area contributed by atoms with Crippen LogP contribution in [0.25, 0.3) is 0 Å². The summed E-state index contributed by atoms with van der Waals surface area (Å²) in [5.74, 6) is 0.480. The van der Waals surface area contributed by atoms with Crippen molar-refractivity contribution >= 4 is 17.3 Å². The molecule has 6 nitrogen and oxygen atoms in total. The Hall–Kier alpha value is -1.95. The van der Waals surface area contributed by atoms with Crippen LogP contribution < -0.4 is 10.6 Å². The van der Waals surface area contributed by atoms with Crippen molar-refractivity contribution in [3.05, 3.63) is 33.9 Å². The van der Waals surface area contributed by atoms with Crippen molar-refractivity contribution in [1.29, 1.82) is 0 Å². The summed E-state index contributed by atoms with van der Waals surface area (Å²) in [5.41, 5.74) is 1.23. The van der Waals surface area contributed by atoms with Crippen LogP contribution in [0.5, 0.6) is 0 Å². The minimum atomic E-state index is -0.404. The zero-order valence-electron chi connectivity index (χ0n) is 12.2. The zero-order chi connectivity index (χ0) is 15.2. The van der Waals surface area contributed by atoms with Gasteiger partial charge >= 0.3 is 0 Å². The van der Waals surface area contributed by atoms with Crippen LogP contribution in [0.15, 0.2) is 18.2 Å². The lowest BCUT2D eigenvalue weighted by Crippen LogP contribution is -2.15. The second-order valence-corrected chi connectivity index (χ2v) is 5.40. The lowest BCUT2D eigenvalue weighted by molar-refractivity contribution is -0.385. The van der Waals surface area contributed by atoms with E-state index in [1.165, 1.54) is 6.07 Å². The SMILES string of the molecule is CCc1ccc(NC(=O)CCC2CCNC2)cc1[N+](=O)[O-]. The third kappa shape index (κ3) is 4.26. The molecule has 6 heteroatoms. The van der Waals surface area contributed by atoms with Crippen LogP contribution in [0.2, 0.25) is 0 Å². The zero-order valence-corrected chi connectivity index (χ0v) is 12.2. The lowest BCUT2D eigenvalue weighted by atomic mass is 10.0. The Morgan fingerprint density at radius 2 is 2.33 bits per heavy atom. The first-order valence-corrected chi connectivity index (χ1v) is 7.38. The topological polar surface area (TPSA) is 84.3 Å². The normalized spacial score (nSPS) is 17.7. The van der Waals surface area contributed by atoms with Gasteiger partial charge in [0, 0.05) is 23.7 Å². The molecule has 2 rings (SSSR count). The molecule has 0 aromatic heterocycles. The maximum atomic E-state index is 11.9. The Bertz CT molecular complexity index is 525. The van der Waals surface area contributed by atoms with E-state index in [9.17, 15) is 14.9 Å². The average molecular weight is 291 g/mol. The van der Waals surface area contributed by atoms with E-state index in [2.05, 4.69) is 10.6 Å². The number of amides is 1. The molecular weight excluding hydrogens is 270 g/mol. The van der Waals surface area contributed by atoms with Crippen molar-refractivity contribution in [3.8, 4) is 0 Å². The van der Waals surface area contributed by atoms with Crippen molar-refractivity contribution in [1.82, 2.24) is 5.32 Å². The van der Waals surface area contributed by atoms with Crippen LogP contribution in [-0.2, 0) is 11.2 Å². The number of hydrogen-bond donors (Lipinski definition) is 2. The van der Waals surface area contributed by atoms with Crippen LogP contribution >= 0.6 is 0 Å². The number of rotatable bonds is 6. The minimum Gasteiger partial charge on any atom is -0.326 e. The molecule has 1 atom stereocenters. The van der Waals surface area contributed by atoms with Crippen LogP contribution in [0, 0.1) is 16.0 Å². The fraction of sp³-hybridized carbons (Fsp3) is 0.533. The third-order valence-corrected chi connectivity index (χ3v) is 3.89. The van der Waals surface area contributed by atoms with E-state index in [1.54, 1.807) is 12.1 Å². The average Bonchev–Trinajstić information content (AvgIpc) is 2.98. The highest BCUT2D eigenvalue weighted by molar-refractivity contribution is 5.91. The van der Waals surface area contributed by atoms with Crippen molar-refractivity contribution in [2.45, 2.75) is 32.6 Å². The van der Waals surface area contributed by atoms with E-state index >= 15 is 0 Å². The first-order chi connectivity index (χ1) is 10.1. The van der Waals surface area contributed by atoms with Gasteiger partial charge < -0.3 is 10.6 Å². The minimum absolute atomic E-state index is 0.0651. The first-order valence-electron chi connectivity index (χ1n) is 7.38. The van der Waals surface area contributed by atoms with Crippen molar-refractivity contribution < 1.29 is 9.72 Å². The molecule has 1 fully saturated rings. The summed E-state index contributed by atoms with van der Waals surface area (Å²) >= 11 is 0. The molecule has 21 heavy (non-hydrogen) atoms. The highest BCUT2D eigenvalue weighted by Gasteiger charge is 2.17. The van der Waals surface area contributed by atoms with Gasteiger partial charge in [-0.2, -0.15) is 0 Å². The Kier molecular flexibility index (Phi) is 5.27. The van der Waals surface area contributed by atoms with E-state index in [0.717, 1.165) is 25.9 Å². The fourth-order valence-electron chi connectivity index (χ4n) is 2.63. The summed E-state index contributed by atoms with van der Waals surface area (Å²) < 4.78 is 0. The van der Waals surface area contributed by atoms with Crippen molar-refractivity contribution in [3.63, 3.8) is 0 Å². The predicted molar refractivity (Wildman–Crippen MR) is 81.3 cm³/mol. The van der Waals surface area contributed by atoms with Crippen LogP contribution in [0.4, 0.5) is 11.4 Å². The second kappa shape index (κ2) is 7.17. The number of nitrogens with zero attached hydrogens (tertiary/aromatic N) is 1. The Morgan fingerprint density at radius 1 is 1.52 bits per heavy atom. The third-order valence-electron chi connectivity index (χ3n) is 3.89. The molecule has 0 aliphatic carbocycles. The summed E-state index contributed by atoms with van der Waals surface area (Å²) in [6.45, 7) is 3.87. The second-order valence-electron chi connectivity index (χ2n) is 5.40. The van der Waals surface area contributed by atoms with Gasteiger partial charge in [-0.3, -0.25) is 14.9 Å². The first kappa shape index (κ1) is 15.4. The van der Waals surface area contributed by atoms with Crippen LogP contribution in [0.1, 0.15) is 31.7 Å². The molecule has 1 saturated heterocycles. The van der Waals surface area contributed by atoms with Gasteiger partial charge in [0.25, 0.3) is 5.69 Å². The Balaban J connectivity index is 1.93. The van der Waals surface area contributed by atoms with Crippen LogP contribution in [0.3, 0.4) is 0 Å². The van der Waals surface area contributed by atoms with E-state index in [-0.39, 0.29) is 11.6 Å². The highest BCUT2D eigenvalue weighted by atomic mass is 16.6. The smallest absolute Gasteiger partial charge is 0.274 e. The molecule has 1 aromatic carbocycles. The summed E-state index contributed by atoms with van der Waals surface area (Å²) in [6, 6.07) is 4.86. The van der Waals surface area contributed by atoms with E-state index in [0.29, 0.717) is 30.0 Å². The number of carbonyl (C=O) groups excluding carboxylic acids is 1. The molecule has 0 saturated carbocycles. The Labute approximate surface area is 124 Å². The van der Waals surface area contributed by atoms with E-state index in [4.69, 9.17) is 0 Å². The molecule has 1 amide bonds. The molecule has 0 spiro atoms. The molecule has 1 aromatic rings. The standard InChI is InChI=1S/C15H21N3O3/c1-2-12-4-5-13(9-14(12)18(20)21)17-15(19)6-3-11-7-8-16-10-11/h4-5,9,11,16H,2-3,6-8,10H2,1H3,(H,17,19). The van der Waals surface area contributed by atoms with Gasteiger partial charge in [-0.15, -0.1) is 0 Å². The molecule has 0 radical (unpaired) electrons. The van der Waals surface area contributed by atoms with Gasteiger partial charge in [0.2, 0.25) is 5.91 Å². The predicted octanol–water partition coefficient (Wildman–Crippen LogP) is 2.49. The quantitative estimate of drug-likeness (QED) is 0.623. The Morgan fingerprint density at radius 3 is 2.95 bits per heavy atom. The maximum absolute atomic E-state index is 11.9. The monoisotopic (exact) mass is 291 g/mol. The number of anilines is 1. The summed E-state index contributed by atoms with van der Waals surface area (Å²) in [7, 11) is 0. The van der Waals surface area contributed by atoms with Gasteiger partial charge in [0.05, 0.1) is 4.92 Å². The molecule has 1 aliphatic rings. The van der Waals surface area contributed by atoms with Gasteiger partial charge in [0.15, 0.2) is 0 Å². The molecular formula is C15H21N3O3. The molecule has 1 heterocycles. The summed E-state index contributed by atoms with van der Waals surface area (Å²) in [5, 5.41) is 17.0. The number of aryl methyl sites for hydroxylation is 1. The molecule has 1 aliphatic heterocycles. The number of hydrogen-bond acceptors (Lipinski definition) is 4. The van der Waals surface area contributed by atoms with Crippen LogP contribution in [-0.4, -0.2) is 23.9 Å². The van der Waals surface area contributed by atoms with Crippen molar-refractivity contribution in [2.24, 2.45) is 5.92 Å². The number of carbonyl (C=O) groups is 1. The molecule has 114 valence electrons. The largest absolute Gasteiger partial charge is 0.326 e. The van der Waals surface area contributed by atoms with Gasteiger partial charge in [-0.25, -0.2) is 0 Å². The number of nitro groups is 1. The van der Waals surface area contributed by atoms with E-state index < -0.39 is 4.92 Å². The lowest BCUT2D eigenvalue weighted by Gasteiger charge is -2.09. The highest BCUT2D eigenvalue weighted by Crippen LogP contribution is 2.24. The number of nitrogens with one attached hydrogen (secondary N) is 2. The van der Waals surface area contributed by atoms with E-state index in [1.807, 2.05) is 6.92 Å². The summed E-state index contributed by atoms with van der Waals surface area (Å²) in [6.07, 6.45) is 3.02.